The molecule has 0 aliphatic heterocycles. The third-order valence-electron chi connectivity index (χ3n) is 3.08. The van der Waals surface area contributed by atoms with Crippen molar-refractivity contribution in [3.63, 3.8) is 0 Å². The summed E-state index contributed by atoms with van der Waals surface area (Å²) in [6.07, 6.45) is 2.78. The lowest BCUT2D eigenvalue weighted by atomic mass is 10.1. The van der Waals surface area contributed by atoms with E-state index in [4.69, 9.17) is 0 Å². The second-order valence-electron chi connectivity index (χ2n) is 4.40. The summed E-state index contributed by atoms with van der Waals surface area (Å²) in [7, 11) is 0. The van der Waals surface area contributed by atoms with Gasteiger partial charge in [0, 0.05) is 30.1 Å². The van der Waals surface area contributed by atoms with Crippen molar-refractivity contribution in [3.8, 4) is 0 Å². The molecule has 0 amide bonds. The second-order valence-corrected chi connectivity index (χ2v) is 5.16. The van der Waals surface area contributed by atoms with E-state index >= 15 is 0 Å². The van der Waals surface area contributed by atoms with E-state index in [1.807, 2.05) is 0 Å². The summed E-state index contributed by atoms with van der Waals surface area (Å²) in [5.74, 6) is 0.317. The molecule has 0 spiro atoms. The smallest absolute Gasteiger partial charge is 0.144 e. The molecule has 0 fully saturated rings. The summed E-state index contributed by atoms with van der Waals surface area (Å²) in [5, 5.41) is 1.33. The molecular formula is C14H16INO. The highest BCUT2D eigenvalue weighted by Crippen LogP contribution is 2.24. The number of carbonyl (C=O) groups is 1. The number of Topliss-reactive ketones (excluding diaryl/α,β-unsaturated/α-hetero) is 1. The second kappa shape index (κ2) is 5.21. The van der Waals surface area contributed by atoms with Crippen molar-refractivity contribution in [1.29, 1.82) is 0 Å². The molecule has 1 heterocycles. The van der Waals surface area contributed by atoms with Crippen LogP contribution in [0.25, 0.3) is 10.9 Å². The summed E-state index contributed by atoms with van der Waals surface area (Å²) < 4.78 is 2.80. The number of aromatic nitrogens is 1. The zero-order chi connectivity index (χ0) is 12.4. The lowest BCUT2D eigenvalue weighted by molar-refractivity contribution is -0.116. The molecule has 1 aromatic carbocycles. The normalized spacial score (nSPS) is 11.0. The van der Waals surface area contributed by atoms with Crippen LogP contribution in [0.1, 0.15) is 17.5 Å². The van der Waals surface area contributed by atoms with Crippen LogP contribution in [0.15, 0.2) is 24.4 Å². The Morgan fingerprint density at radius 1 is 1.29 bits per heavy atom. The summed E-state index contributed by atoms with van der Waals surface area (Å²) in [6, 6.07) is 6.34. The molecule has 0 aliphatic carbocycles. The first kappa shape index (κ1) is 12.6. The van der Waals surface area contributed by atoms with E-state index in [-0.39, 0.29) is 0 Å². The molecule has 17 heavy (non-hydrogen) atoms. The summed E-state index contributed by atoms with van der Waals surface area (Å²) in [6.45, 7) is 5.05. The molecule has 0 aliphatic rings. The molecule has 90 valence electrons. The SMILES string of the molecule is Cc1cccc2c1c(C)cn2CCC(=O)CI. The van der Waals surface area contributed by atoms with Gasteiger partial charge in [-0.25, -0.2) is 0 Å². The zero-order valence-electron chi connectivity index (χ0n) is 10.2. The average molecular weight is 341 g/mol. The molecule has 0 saturated carbocycles. The van der Waals surface area contributed by atoms with Crippen LogP contribution in [-0.2, 0) is 11.3 Å². The van der Waals surface area contributed by atoms with Crippen LogP contribution in [0.3, 0.4) is 0 Å². The topological polar surface area (TPSA) is 22.0 Å². The molecule has 2 aromatic rings. The molecule has 0 atom stereocenters. The Morgan fingerprint density at radius 3 is 2.76 bits per heavy atom. The fourth-order valence-electron chi connectivity index (χ4n) is 2.27. The maximum atomic E-state index is 11.4. The van der Waals surface area contributed by atoms with E-state index in [2.05, 4.69) is 65.4 Å². The van der Waals surface area contributed by atoms with Crippen molar-refractivity contribution < 1.29 is 4.79 Å². The molecule has 0 saturated heterocycles. The van der Waals surface area contributed by atoms with Gasteiger partial charge in [-0.2, -0.15) is 0 Å². The third-order valence-corrected chi connectivity index (χ3v) is 3.94. The van der Waals surface area contributed by atoms with Crippen molar-refractivity contribution in [2.45, 2.75) is 26.8 Å². The molecule has 3 heteroatoms. The van der Waals surface area contributed by atoms with Crippen molar-refractivity contribution in [3.05, 3.63) is 35.5 Å². The average Bonchev–Trinajstić information content (AvgIpc) is 2.64. The minimum absolute atomic E-state index is 0.317. The molecule has 0 bridgehead atoms. The van der Waals surface area contributed by atoms with E-state index in [0.717, 1.165) is 6.54 Å². The van der Waals surface area contributed by atoms with Gasteiger partial charge in [0.25, 0.3) is 0 Å². The number of halogens is 1. The number of ketones is 1. The third kappa shape index (κ3) is 2.54. The zero-order valence-corrected chi connectivity index (χ0v) is 12.3. The molecule has 0 N–H and O–H groups in total. The van der Waals surface area contributed by atoms with Gasteiger partial charge >= 0.3 is 0 Å². The van der Waals surface area contributed by atoms with Crippen LogP contribution >= 0.6 is 22.6 Å². The number of carbonyl (C=O) groups excluding carboxylic acids is 1. The van der Waals surface area contributed by atoms with Crippen LogP contribution in [0, 0.1) is 13.8 Å². The van der Waals surface area contributed by atoms with Gasteiger partial charge in [0.2, 0.25) is 0 Å². The van der Waals surface area contributed by atoms with Gasteiger partial charge in [0.15, 0.2) is 0 Å². The number of rotatable bonds is 4. The van der Waals surface area contributed by atoms with Crippen LogP contribution in [0.2, 0.25) is 0 Å². The van der Waals surface area contributed by atoms with Crippen molar-refractivity contribution >= 4 is 39.3 Å². The summed E-state index contributed by atoms with van der Waals surface area (Å²) in [4.78, 5) is 11.4. The maximum absolute atomic E-state index is 11.4. The Balaban J connectivity index is 2.36. The fraction of sp³-hybridized carbons (Fsp3) is 0.357. The summed E-state index contributed by atoms with van der Waals surface area (Å²) >= 11 is 2.13. The Kier molecular flexibility index (Phi) is 3.86. The number of nitrogens with zero attached hydrogens (tertiary/aromatic N) is 1. The first-order chi connectivity index (χ1) is 8.13. The van der Waals surface area contributed by atoms with E-state index in [9.17, 15) is 4.79 Å². The van der Waals surface area contributed by atoms with Crippen LogP contribution < -0.4 is 0 Å². The Labute approximate surface area is 115 Å². The van der Waals surface area contributed by atoms with E-state index in [0.29, 0.717) is 16.6 Å². The maximum Gasteiger partial charge on any atom is 0.144 e. The van der Waals surface area contributed by atoms with Crippen molar-refractivity contribution in [2.24, 2.45) is 0 Å². The van der Waals surface area contributed by atoms with Crippen LogP contribution in [-0.4, -0.2) is 14.8 Å². The first-order valence-corrected chi connectivity index (χ1v) is 7.28. The highest BCUT2D eigenvalue weighted by molar-refractivity contribution is 14.1. The number of hydrogen-bond donors (Lipinski definition) is 0. The van der Waals surface area contributed by atoms with Gasteiger partial charge in [-0.15, -0.1) is 0 Å². The van der Waals surface area contributed by atoms with Gasteiger partial charge in [0.05, 0.1) is 4.43 Å². The predicted molar refractivity (Wildman–Crippen MR) is 79.9 cm³/mol. The molecule has 0 radical (unpaired) electrons. The Bertz CT molecular complexity index is 557. The van der Waals surface area contributed by atoms with Gasteiger partial charge in [-0.05, 0) is 31.0 Å². The molecule has 1 aromatic heterocycles. The number of aryl methyl sites for hydroxylation is 3. The number of alkyl halides is 1. The number of benzene rings is 1. The largest absolute Gasteiger partial charge is 0.347 e. The van der Waals surface area contributed by atoms with Crippen LogP contribution in [0.4, 0.5) is 0 Å². The lowest BCUT2D eigenvalue weighted by Crippen LogP contribution is -2.05. The Morgan fingerprint density at radius 2 is 2.06 bits per heavy atom. The first-order valence-electron chi connectivity index (χ1n) is 5.76. The van der Waals surface area contributed by atoms with Crippen LogP contribution in [0.5, 0.6) is 0 Å². The fourth-order valence-corrected chi connectivity index (χ4v) is 2.65. The number of fused-ring (bicyclic) bond motifs is 1. The predicted octanol–water partition coefficient (Wildman–Crippen LogP) is 3.65. The van der Waals surface area contributed by atoms with Gasteiger partial charge in [-0.3, -0.25) is 4.79 Å². The van der Waals surface area contributed by atoms with E-state index in [1.165, 1.54) is 22.0 Å². The van der Waals surface area contributed by atoms with Gasteiger partial charge < -0.3 is 4.57 Å². The Hall–Kier alpha value is -0.840. The molecular weight excluding hydrogens is 325 g/mol. The monoisotopic (exact) mass is 341 g/mol. The summed E-state index contributed by atoms with van der Waals surface area (Å²) in [5.41, 5.74) is 3.84. The van der Waals surface area contributed by atoms with Crippen molar-refractivity contribution in [1.82, 2.24) is 4.57 Å². The minimum atomic E-state index is 0.317. The van der Waals surface area contributed by atoms with Gasteiger partial charge in [0.1, 0.15) is 5.78 Å². The molecule has 2 rings (SSSR count). The minimum Gasteiger partial charge on any atom is -0.347 e. The van der Waals surface area contributed by atoms with E-state index in [1.54, 1.807) is 0 Å². The van der Waals surface area contributed by atoms with Crippen molar-refractivity contribution in [2.75, 3.05) is 4.43 Å². The quantitative estimate of drug-likeness (QED) is 0.615. The number of hydrogen-bond acceptors (Lipinski definition) is 1. The highest BCUT2D eigenvalue weighted by atomic mass is 127. The van der Waals surface area contributed by atoms with E-state index < -0.39 is 0 Å². The molecule has 0 unspecified atom stereocenters. The standard InChI is InChI=1S/C14H16INO/c1-10-4-3-5-13-14(10)11(2)9-16(13)7-6-12(17)8-15/h3-5,9H,6-8H2,1-2H3. The molecule has 2 nitrogen and oxygen atoms in total. The lowest BCUT2D eigenvalue weighted by Gasteiger charge is -2.04. The highest BCUT2D eigenvalue weighted by Gasteiger charge is 2.08. The van der Waals surface area contributed by atoms with Gasteiger partial charge in [-0.1, -0.05) is 34.7 Å².